The van der Waals surface area contributed by atoms with Gasteiger partial charge in [0.15, 0.2) is 0 Å². The molecular weight excluding hydrogens is 260 g/mol. The first-order valence-electron chi connectivity index (χ1n) is 6.61. The number of rotatable bonds is 3. The molecule has 2 rings (SSSR count). The van der Waals surface area contributed by atoms with E-state index in [4.69, 9.17) is 5.84 Å². The van der Waals surface area contributed by atoms with Crippen molar-refractivity contribution in [3.8, 4) is 0 Å². The zero-order chi connectivity index (χ0) is 14.7. The number of nitrogens with zero attached hydrogens (tertiary/aromatic N) is 2. The van der Waals surface area contributed by atoms with E-state index < -0.39 is 4.92 Å². The number of nitro benzene ring substituents is 1. The molecule has 1 aliphatic heterocycles. The molecule has 1 fully saturated rings. The lowest BCUT2D eigenvalue weighted by Crippen LogP contribution is -2.42. The summed E-state index contributed by atoms with van der Waals surface area (Å²) < 4.78 is 0. The number of hydrazine groups is 1. The molecule has 7 heteroatoms. The van der Waals surface area contributed by atoms with Gasteiger partial charge in [-0.05, 0) is 38.3 Å². The average Bonchev–Trinajstić information content (AvgIpc) is 2.46. The van der Waals surface area contributed by atoms with Gasteiger partial charge in [-0.3, -0.25) is 20.8 Å². The Morgan fingerprint density at radius 2 is 2.25 bits per heavy atom. The number of piperidine rings is 1. The Kier molecular flexibility index (Phi) is 4.19. The lowest BCUT2D eigenvalue weighted by atomic mass is 10.0. The highest BCUT2D eigenvalue weighted by Gasteiger charge is 2.30. The molecule has 0 bridgehead atoms. The van der Waals surface area contributed by atoms with Gasteiger partial charge in [-0.1, -0.05) is 6.07 Å². The van der Waals surface area contributed by atoms with Gasteiger partial charge in [-0.2, -0.15) is 0 Å². The molecule has 0 aromatic heterocycles. The van der Waals surface area contributed by atoms with Gasteiger partial charge < -0.3 is 10.3 Å². The normalized spacial score (nSPS) is 18.7. The van der Waals surface area contributed by atoms with Crippen molar-refractivity contribution in [3.63, 3.8) is 0 Å². The van der Waals surface area contributed by atoms with E-state index in [-0.39, 0.29) is 28.9 Å². The number of amides is 1. The van der Waals surface area contributed by atoms with Crippen molar-refractivity contribution in [2.75, 3.05) is 12.0 Å². The van der Waals surface area contributed by atoms with Crippen LogP contribution >= 0.6 is 0 Å². The molecule has 7 nitrogen and oxygen atoms in total. The molecule has 0 radical (unpaired) electrons. The molecule has 1 atom stereocenters. The zero-order valence-electron chi connectivity index (χ0n) is 11.3. The van der Waals surface area contributed by atoms with E-state index in [0.29, 0.717) is 6.54 Å². The van der Waals surface area contributed by atoms with Crippen molar-refractivity contribution in [1.82, 2.24) is 4.90 Å². The van der Waals surface area contributed by atoms with Gasteiger partial charge in [0.2, 0.25) is 0 Å². The minimum Gasteiger partial charge on any atom is -0.336 e. The number of carbonyl (C=O) groups is 1. The van der Waals surface area contributed by atoms with Crippen molar-refractivity contribution >= 4 is 17.3 Å². The van der Waals surface area contributed by atoms with Gasteiger partial charge in [0.05, 0.1) is 4.92 Å². The highest BCUT2D eigenvalue weighted by Crippen LogP contribution is 2.30. The molecule has 1 aromatic carbocycles. The monoisotopic (exact) mass is 278 g/mol. The van der Waals surface area contributed by atoms with Crippen LogP contribution in [0.1, 0.15) is 36.5 Å². The van der Waals surface area contributed by atoms with E-state index in [1.165, 1.54) is 12.1 Å². The van der Waals surface area contributed by atoms with Gasteiger partial charge in [0.1, 0.15) is 11.3 Å². The SMILES string of the molecule is CC1CCCCN1C(=O)c1cccc(NN)c1[N+](=O)[O-]. The number of para-hydroxylation sites is 1. The van der Waals surface area contributed by atoms with E-state index in [9.17, 15) is 14.9 Å². The minimum absolute atomic E-state index is 0.0826. The maximum atomic E-state index is 12.6. The van der Waals surface area contributed by atoms with Gasteiger partial charge in [0, 0.05) is 12.6 Å². The molecule has 0 aliphatic carbocycles. The Labute approximate surface area is 116 Å². The Morgan fingerprint density at radius 3 is 2.85 bits per heavy atom. The third-order valence-electron chi connectivity index (χ3n) is 3.67. The Morgan fingerprint density at radius 1 is 1.50 bits per heavy atom. The largest absolute Gasteiger partial charge is 0.336 e. The van der Waals surface area contributed by atoms with Crippen LogP contribution in [0.4, 0.5) is 11.4 Å². The lowest BCUT2D eigenvalue weighted by molar-refractivity contribution is -0.384. The number of carbonyl (C=O) groups excluding carboxylic acids is 1. The topological polar surface area (TPSA) is 102 Å². The van der Waals surface area contributed by atoms with Crippen LogP contribution in [0.3, 0.4) is 0 Å². The first-order chi connectivity index (χ1) is 9.56. The lowest BCUT2D eigenvalue weighted by Gasteiger charge is -2.33. The zero-order valence-corrected chi connectivity index (χ0v) is 11.3. The fourth-order valence-electron chi connectivity index (χ4n) is 2.58. The number of benzene rings is 1. The number of hydrogen-bond acceptors (Lipinski definition) is 5. The van der Waals surface area contributed by atoms with Crippen LogP contribution in [-0.4, -0.2) is 28.3 Å². The summed E-state index contributed by atoms with van der Waals surface area (Å²) in [5.41, 5.74) is 2.23. The number of likely N-dealkylation sites (tertiary alicyclic amines) is 1. The van der Waals surface area contributed by atoms with Crippen LogP contribution in [-0.2, 0) is 0 Å². The highest BCUT2D eigenvalue weighted by molar-refractivity contribution is 6.00. The third-order valence-corrected chi connectivity index (χ3v) is 3.67. The van der Waals surface area contributed by atoms with Gasteiger partial charge in [-0.25, -0.2) is 0 Å². The van der Waals surface area contributed by atoms with Crippen molar-refractivity contribution < 1.29 is 9.72 Å². The summed E-state index contributed by atoms with van der Waals surface area (Å²) in [5.74, 6) is 4.98. The van der Waals surface area contributed by atoms with Crippen LogP contribution in [0.25, 0.3) is 0 Å². The fraction of sp³-hybridized carbons (Fsp3) is 0.462. The molecule has 1 aromatic rings. The van der Waals surface area contributed by atoms with Crippen LogP contribution in [0.2, 0.25) is 0 Å². The molecule has 0 saturated carbocycles. The van der Waals surface area contributed by atoms with Gasteiger partial charge in [-0.15, -0.1) is 0 Å². The predicted molar refractivity (Wildman–Crippen MR) is 75.3 cm³/mol. The van der Waals surface area contributed by atoms with Crippen molar-refractivity contribution in [1.29, 1.82) is 0 Å². The van der Waals surface area contributed by atoms with E-state index >= 15 is 0 Å². The number of nitrogens with one attached hydrogen (secondary N) is 1. The molecule has 0 spiro atoms. The smallest absolute Gasteiger partial charge is 0.306 e. The number of hydrogen-bond donors (Lipinski definition) is 2. The molecule has 1 aliphatic rings. The fourth-order valence-corrected chi connectivity index (χ4v) is 2.58. The molecule has 1 heterocycles. The highest BCUT2D eigenvalue weighted by atomic mass is 16.6. The van der Waals surface area contributed by atoms with Crippen molar-refractivity contribution in [2.45, 2.75) is 32.2 Å². The second-order valence-corrected chi connectivity index (χ2v) is 4.95. The summed E-state index contributed by atoms with van der Waals surface area (Å²) in [6.45, 7) is 2.60. The van der Waals surface area contributed by atoms with E-state index in [1.807, 2.05) is 6.92 Å². The number of nitro groups is 1. The number of nitrogen functional groups attached to an aromatic ring is 1. The second-order valence-electron chi connectivity index (χ2n) is 4.95. The predicted octanol–water partition coefficient (Wildman–Crippen LogP) is 1.89. The van der Waals surface area contributed by atoms with Gasteiger partial charge >= 0.3 is 5.69 Å². The number of anilines is 1. The van der Waals surface area contributed by atoms with Crippen LogP contribution in [0, 0.1) is 10.1 Å². The summed E-state index contributed by atoms with van der Waals surface area (Å²) in [4.78, 5) is 24.9. The standard InChI is InChI=1S/C13H18N4O3/c1-9-5-2-3-8-16(9)13(18)10-6-4-7-11(15-14)12(10)17(19)20/h4,6-7,9,15H,2-3,5,8,14H2,1H3. The van der Waals surface area contributed by atoms with Crippen LogP contribution < -0.4 is 11.3 Å². The average molecular weight is 278 g/mol. The Hall–Kier alpha value is -2.15. The summed E-state index contributed by atoms with van der Waals surface area (Å²) >= 11 is 0. The van der Waals surface area contributed by atoms with Crippen LogP contribution in [0.15, 0.2) is 18.2 Å². The molecule has 1 unspecified atom stereocenters. The second kappa shape index (κ2) is 5.87. The van der Waals surface area contributed by atoms with Gasteiger partial charge in [0.25, 0.3) is 5.91 Å². The Bertz CT molecular complexity index is 532. The molecule has 1 amide bonds. The molecular formula is C13H18N4O3. The Balaban J connectivity index is 2.41. The molecule has 20 heavy (non-hydrogen) atoms. The van der Waals surface area contributed by atoms with Crippen LogP contribution in [0.5, 0.6) is 0 Å². The maximum Gasteiger partial charge on any atom is 0.306 e. The minimum atomic E-state index is -0.572. The number of nitrogens with two attached hydrogens (primary N) is 1. The molecule has 108 valence electrons. The van der Waals surface area contributed by atoms with E-state index in [1.54, 1.807) is 11.0 Å². The summed E-state index contributed by atoms with van der Waals surface area (Å²) in [7, 11) is 0. The maximum absolute atomic E-state index is 12.6. The summed E-state index contributed by atoms with van der Waals surface area (Å²) in [5, 5.41) is 11.2. The molecule has 1 saturated heterocycles. The van der Waals surface area contributed by atoms with Crippen molar-refractivity contribution in [3.05, 3.63) is 33.9 Å². The summed E-state index contributed by atoms with van der Waals surface area (Å²) in [6.07, 6.45) is 2.94. The van der Waals surface area contributed by atoms with E-state index in [0.717, 1.165) is 19.3 Å². The molecule has 3 N–H and O–H groups in total. The van der Waals surface area contributed by atoms with E-state index in [2.05, 4.69) is 5.43 Å². The summed E-state index contributed by atoms with van der Waals surface area (Å²) in [6, 6.07) is 4.65. The van der Waals surface area contributed by atoms with Crippen molar-refractivity contribution in [2.24, 2.45) is 5.84 Å². The first-order valence-corrected chi connectivity index (χ1v) is 6.61. The first kappa shape index (κ1) is 14.3. The third kappa shape index (κ3) is 2.57. The quantitative estimate of drug-likeness (QED) is 0.499.